The minimum atomic E-state index is -0.00939. The maximum absolute atomic E-state index is 13.0. The first kappa shape index (κ1) is 17.0. The summed E-state index contributed by atoms with van der Waals surface area (Å²) in [7, 11) is 3.73. The minimum absolute atomic E-state index is 0. The van der Waals surface area contributed by atoms with Gasteiger partial charge in [0.1, 0.15) is 0 Å². The Kier molecular flexibility index (Phi) is 4.61. The zero-order chi connectivity index (χ0) is 18.1. The number of hydrogen-bond acceptors (Lipinski definition) is 4. The fourth-order valence-electron chi connectivity index (χ4n) is 3.44. The van der Waals surface area contributed by atoms with Crippen LogP contribution in [0.25, 0.3) is 16.9 Å². The molecule has 1 aromatic carbocycles. The van der Waals surface area contributed by atoms with Crippen molar-refractivity contribution in [2.45, 2.75) is 12.8 Å². The molecule has 1 N–H and O–H groups in total. The van der Waals surface area contributed by atoms with E-state index in [1.54, 1.807) is 16.2 Å². The van der Waals surface area contributed by atoms with Gasteiger partial charge in [-0.1, -0.05) is 18.2 Å². The third-order valence-corrected chi connectivity index (χ3v) is 5.81. The number of amides is 1. The van der Waals surface area contributed by atoms with Gasteiger partial charge in [-0.3, -0.25) is 4.79 Å². The highest BCUT2D eigenvalue weighted by atomic mass is 32.1. The van der Waals surface area contributed by atoms with Gasteiger partial charge in [0.2, 0.25) is 0 Å². The molecule has 3 aromatic rings. The number of hydrogen-bond donors (Lipinski definition) is 1. The van der Waals surface area contributed by atoms with Crippen molar-refractivity contribution in [3.63, 3.8) is 0 Å². The second kappa shape index (κ2) is 7.05. The van der Waals surface area contributed by atoms with Gasteiger partial charge in [-0.05, 0) is 43.5 Å². The number of nitrogens with zero attached hydrogens (tertiary/aromatic N) is 3. The zero-order valence-electron chi connectivity index (χ0n) is 15.0. The van der Waals surface area contributed by atoms with Crippen LogP contribution in [-0.4, -0.2) is 47.8 Å². The molecule has 0 radical (unpaired) electrons. The fraction of sp³-hybridized carbons (Fsp3) is 0.300. The highest BCUT2D eigenvalue weighted by Crippen LogP contribution is 2.39. The molecule has 0 saturated heterocycles. The lowest BCUT2D eigenvalue weighted by molar-refractivity contribution is 0.0789. The predicted octanol–water partition coefficient (Wildman–Crippen LogP) is 3.24. The number of carbonyl (C=O) groups is 1. The fourth-order valence-corrected chi connectivity index (χ4v) is 4.32. The van der Waals surface area contributed by atoms with Crippen molar-refractivity contribution >= 4 is 17.2 Å². The lowest BCUT2D eigenvalue weighted by atomic mass is 9.94. The average Bonchev–Trinajstić information content (AvgIpc) is 3.30. The Morgan fingerprint density at radius 3 is 2.88 bits per heavy atom. The van der Waals surface area contributed by atoms with E-state index in [-0.39, 0.29) is 7.33 Å². The van der Waals surface area contributed by atoms with Crippen molar-refractivity contribution in [2.75, 3.05) is 27.2 Å². The Labute approximate surface area is 158 Å². The summed E-state index contributed by atoms with van der Waals surface area (Å²) < 4.78 is 1.94. The Morgan fingerprint density at radius 1 is 1.31 bits per heavy atom. The molecule has 1 aliphatic carbocycles. The zero-order valence-corrected chi connectivity index (χ0v) is 15.8. The van der Waals surface area contributed by atoms with Crippen LogP contribution >= 0.6 is 11.3 Å². The Hall–Kier alpha value is -2.44. The molecule has 5 nitrogen and oxygen atoms in total. The van der Waals surface area contributed by atoms with Gasteiger partial charge in [0.25, 0.3) is 5.91 Å². The van der Waals surface area contributed by atoms with Gasteiger partial charge in [0.05, 0.1) is 11.4 Å². The van der Waals surface area contributed by atoms with Crippen molar-refractivity contribution in [1.29, 1.82) is 0 Å². The van der Waals surface area contributed by atoms with E-state index >= 15 is 0 Å². The third-order valence-electron chi connectivity index (χ3n) is 4.83. The van der Waals surface area contributed by atoms with Crippen LogP contribution in [0.15, 0.2) is 41.8 Å². The van der Waals surface area contributed by atoms with E-state index < -0.39 is 0 Å². The summed E-state index contributed by atoms with van der Waals surface area (Å²) in [6, 6.07) is 12.2. The summed E-state index contributed by atoms with van der Waals surface area (Å²) in [6.07, 6.45) is 1.83. The summed E-state index contributed by atoms with van der Waals surface area (Å²) in [5.74, 6) is -0.00939. The van der Waals surface area contributed by atoms with E-state index in [1.807, 2.05) is 49.1 Å². The molecule has 4 rings (SSSR count). The number of thiophene rings is 1. The normalized spacial score (nSPS) is 12.5. The van der Waals surface area contributed by atoms with Crippen LogP contribution < -0.4 is 5.32 Å². The lowest BCUT2D eigenvalue weighted by Crippen LogP contribution is -2.33. The first-order valence-electron chi connectivity index (χ1n) is 8.85. The molecule has 0 saturated carbocycles. The molecule has 2 heterocycles. The van der Waals surface area contributed by atoms with E-state index in [0.717, 1.165) is 36.3 Å². The van der Waals surface area contributed by atoms with Crippen LogP contribution in [-0.2, 0) is 12.8 Å². The Balaban J connectivity index is 0.00000210. The van der Waals surface area contributed by atoms with Gasteiger partial charge in [-0.25, -0.2) is 4.68 Å². The molecule has 0 unspecified atom stereocenters. The van der Waals surface area contributed by atoms with E-state index in [4.69, 9.17) is 5.10 Å². The maximum atomic E-state index is 13.0. The molecule has 6 heteroatoms. The van der Waals surface area contributed by atoms with Gasteiger partial charge in [0.15, 0.2) is 5.69 Å². The summed E-state index contributed by atoms with van der Waals surface area (Å²) in [6.45, 7) is 1.42. The topological polar surface area (TPSA) is 50.2 Å². The first-order chi connectivity index (χ1) is 12.7. The van der Waals surface area contributed by atoms with Gasteiger partial charge in [-0.15, -0.1) is 11.3 Å². The highest BCUT2D eigenvalue weighted by Gasteiger charge is 2.30. The van der Waals surface area contributed by atoms with Crippen LogP contribution in [0.3, 0.4) is 0 Å². The van der Waals surface area contributed by atoms with Crippen molar-refractivity contribution in [1.82, 2.24) is 20.0 Å². The standard InChI is InChI=1S/C20H22N4OS.H2/c1-21-11-12-23(2)20(25)18-16-8-9-17-15(10-13-26-17)19(16)24(22-18)14-6-4-3-5-7-14;/h3-7,10,13,21H,8-9,11-12H2,1-2H3;1H. The molecule has 1 aliphatic rings. The van der Waals surface area contributed by atoms with E-state index in [0.29, 0.717) is 12.2 Å². The van der Waals surface area contributed by atoms with Crippen LogP contribution in [0.5, 0.6) is 0 Å². The molecular formula is C20H24N4OS. The molecule has 2 aromatic heterocycles. The molecule has 0 fully saturated rings. The Morgan fingerprint density at radius 2 is 2.12 bits per heavy atom. The van der Waals surface area contributed by atoms with Gasteiger partial charge < -0.3 is 10.2 Å². The number of para-hydroxylation sites is 1. The smallest absolute Gasteiger partial charge is 0.274 e. The molecule has 26 heavy (non-hydrogen) atoms. The van der Waals surface area contributed by atoms with E-state index in [2.05, 4.69) is 16.8 Å². The summed E-state index contributed by atoms with van der Waals surface area (Å²) >= 11 is 1.78. The number of fused-ring (bicyclic) bond motifs is 3. The first-order valence-corrected chi connectivity index (χ1v) is 9.72. The average molecular weight is 369 g/mol. The molecule has 0 atom stereocenters. The third kappa shape index (κ3) is 2.85. The van der Waals surface area contributed by atoms with Crippen molar-refractivity contribution in [3.05, 3.63) is 57.9 Å². The summed E-state index contributed by atoms with van der Waals surface area (Å²) in [4.78, 5) is 16.2. The molecule has 0 bridgehead atoms. The number of benzene rings is 1. The number of nitrogens with one attached hydrogen (secondary N) is 1. The molecular weight excluding hydrogens is 344 g/mol. The number of aryl methyl sites for hydroxylation is 1. The van der Waals surface area contributed by atoms with Crippen LogP contribution in [0.1, 0.15) is 22.4 Å². The number of carbonyl (C=O) groups excluding carboxylic acids is 1. The molecule has 0 aliphatic heterocycles. The van der Waals surface area contributed by atoms with E-state index in [9.17, 15) is 4.79 Å². The van der Waals surface area contributed by atoms with Crippen LogP contribution in [0.2, 0.25) is 0 Å². The molecule has 0 spiro atoms. The van der Waals surface area contributed by atoms with Crippen molar-refractivity contribution in [2.24, 2.45) is 0 Å². The SMILES string of the molecule is CNCCN(C)C(=O)c1nn(-c2ccccc2)c2c1CCc1sccc1-2.[HH]. The predicted molar refractivity (Wildman–Crippen MR) is 107 cm³/mol. The quantitative estimate of drug-likeness (QED) is 0.752. The van der Waals surface area contributed by atoms with Gasteiger partial charge in [0, 0.05) is 37.6 Å². The minimum Gasteiger partial charge on any atom is -0.339 e. The Bertz CT molecular complexity index is 935. The van der Waals surface area contributed by atoms with Crippen LogP contribution in [0, 0.1) is 0 Å². The lowest BCUT2D eigenvalue weighted by Gasteiger charge is -2.18. The monoisotopic (exact) mass is 368 g/mol. The highest BCUT2D eigenvalue weighted by molar-refractivity contribution is 7.10. The second-order valence-electron chi connectivity index (χ2n) is 6.51. The van der Waals surface area contributed by atoms with Crippen LogP contribution in [0.4, 0.5) is 0 Å². The molecule has 136 valence electrons. The number of likely N-dealkylation sites (N-methyl/N-ethyl adjacent to an activating group) is 2. The molecule has 1 amide bonds. The second-order valence-corrected chi connectivity index (χ2v) is 7.51. The van der Waals surface area contributed by atoms with E-state index in [1.165, 1.54) is 10.4 Å². The summed E-state index contributed by atoms with van der Waals surface area (Å²) in [5, 5.41) is 10.00. The number of rotatable bonds is 5. The number of aromatic nitrogens is 2. The van der Waals surface area contributed by atoms with Gasteiger partial charge >= 0.3 is 0 Å². The van der Waals surface area contributed by atoms with Crippen molar-refractivity contribution in [3.8, 4) is 16.9 Å². The maximum Gasteiger partial charge on any atom is 0.274 e. The largest absolute Gasteiger partial charge is 0.339 e. The summed E-state index contributed by atoms with van der Waals surface area (Å²) in [5.41, 5.74) is 4.92. The van der Waals surface area contributed by atoms with Crippen molar-refractivity contribution < 1.29 is 6.22 Å². The van der Waals surface area contributed by atoms with Gasteiger partial charge in [-0.2, -0.15) is 5.10 Å².